The molecule has 34 heavy (non-hydrogen) atoms. The largest absolute Gasteiger partial charge is 0.481 e. The van der Waals surface area contributed by atoms with E-state index in [2.05, 4.69) is 80.0 Å². The Morgan fingerprint density at radius 1 is 1.03 bits per heavy atom. The molecule has 2 aromatic carbocycles. The van der Waals surface area contributed by atoms with Crippen molar-refractivity contribution in [3.63, 3.8) is 0 Å². The van der Waals surface area contributed by atoms with Crippen LogP contribution in [0.25, 0.3) is 22.3 Å². The van der Waals surface area contributed by atoms with Crippen molar-refractivity contribution in [1.29, 1.82) is 0 Å². The Hall–Kier alpha value is -3.41. The Morgan fingerprint density at radius 2 is 1.85 bits per heavy atom. The van der Waals surface area contributed by atoms with Gasteiger partial charge < -0.3 is 9.64 Å². The molecule has 1 N–H and O–H groups in total. The highest BCUT2D eigenvalue weighted by Gasteiger charge is 2.26. The molecule has 0 atom stereocenters. The minimum Gasteiger partial charge on any atom is -0.481 e. The zero-order valence-corrected chi connectivity index (χ0v) is 20.9. The highest BCUT2D eigenvalue weighted by Crippen LogP contribution is 2.37. The maximum absolute atomic E-state index is 5.84. The van der Waals surface area contributed by atoms with Crippen molar-refractivity contribution < 1.29 is 4.74 Å². The van der Waals surface area contributed by atoms with Gasteiger partial charge in [0.15, 0.2) is 5.82 Å². The topological polar surface area (TPSA) is 66.9 Å². The number of nitrogens with zero attached hydrogens (tertiary/aromatic N) is 4. The van der Waals surface area contributed by atoms with Crippen molar-refractivity contribution in [3.8, 4) is 17.3 Å². The molecule has 2 aromatic heterocycles. The number of rotatable bonds is 5. The summed E-state index contributed by atoms with van der Waals surface area (Å²) in [6, 6.07) is 11.0. The Balaban J connectivity index is 1.59. The second-order valence-electron chi connectivity index (χ2n) is 9.87. The first-order chi connectivity index (χ1) is 16.4. The minimum atomic E-state index is 0.339. The molecule has 5 rings (SSSR count). The summed E-state index contributed by atoms with van der Waals surface area (Å²) < 4.78 is 5.84. The number of nitrogens with one attached hydrogen (secondary N) is 1. The normalized spacial score (nSPS) is 13.7. The monoisotopic (exact) mass is 455 g/mol. The first-order valence-corrected chi connectivity index (χ1v) is 12.1. The van der Waals surface area contributed by atoms with Crippen LogP contribution in [0.2, 0.25) is 0 Å². The molecule has 0 fully saturated rings. The lowest BCUT2D eigenvalue weighted by Crippen LogP contribution is -2.32. The molecule has 1 aliphatic heterocycles. The lowest BCUT2D eigenvalue weighted by Gasteiger charge is -2.32. The zero-order chi connectivity index (χ0) is 24.0. The van der Waals surface area contributed by atoms with Gasteiger partial charge in [0.05, 0.1) is 36.6 Å². The lowest BCUT2D eigenvalue weighted by atomic mass is 9.93. The summed E-state index contributed by atoms with van der Waals surface area (Å²) in [5.74, 6) is 2.22. The lowest BCUT2D eigenvalue weighted by molar-refractivity contribution is 0.388. The third kappa shape index (κ3) is 3.81. The van der Waals surface area contributed by atoms with Gasteiger partial charge in [-0.05, 0) is 47.6 Å². The number of methoxy groups -OCH3 is 1. The van der Waals surface area contributed by atoms with Gasteiger partial charge in [-0.1, -0.05) is 45.9 Å². The van der Waals surface area contributed by atoms with Crippen molar-refractivity contribution in [1.82, 2.24) is 20.2 Å². The van der Waals surface area contributed by atoms with E-state index in [0.29, 0.717) is 17.7 Å². The van der Waals surface area contributed by atoms with Crippen molar-refractivity contribution in [2.24, 2.45) is 0 Å². The molecule has 4 aromatic rings. The fraction of sp³-hybridized carbons (Fsp3) is 0.393. The summed E-state index contributed by atoms with van der Waals surface area (Å²) in [5.41, 5.74) is 9.35. The highest BCUT2D eigenvalue weighted by molar-refractivity contribution is 5.94. The van der Waals surface area contributed by atoms with E-state index in [-0.39, 0.29) is 0 Å². The van der Waals surface area contributed by atoms with Crippen molar-refractivity contribution >= 4 is 16.6 Å². The molecule has 1 aliphatic rings. The summed E-state index contributed by atoms with van der Waals surface area (Å²) in [4.78, 5) is 12.5. The molecule has 0 bridgehead atoms. The van der Waals surface area contributed by atoms with E-state index in [4.69, 9.17) is 14.7 Å². The number of fused-ring (bicyclic) bond motifs is 2. The SMILES string of the molecule is COc1nc(-c2c(C(C)C)ccc3[nH]ncc23)nc2c1CN(c1cc(C(C)C)ccc1C)CC2. The Kier molecular flexibility index (Phi) is 5.76. The van der Waals surface area contributed by atoms with Crippen LogP contribution in [0, 0.1) is 6.92 Å². The van der Waals surface area contributed by atoms with Crippen LogP contribution in [0.1, 0.15) is 67.5 Å². The zero-order valence-electron chi connectivity index (χ0n) is 20.9. The standard InChI is InChI=1S/C28H33N5O/c1-16(2)19-8-7-18(5)25(13-19)33-12-11-23-22(15-33)28(34-6)31-27(30-23)26-20(17(3)4)9-10-24-21(26)14-29-32-24/h7-10,13-14,16-17H,11-12,15H2,1-6H3,(H,29,32). The van der Waals surface area contributed by atoms with Crippen LogP contribution < -0.4 is 9.64 Å². The third-order valence-electron chi connectivity index (χ3n) is 6.96. The fourth-order valence-electron chi connectivity index (χ4n) is 4.96. The number of aromatic amines is 1. The number of ether oxygens (including phenoxy) is 1. The van der Waals surface area contributed by atoms with Gasteiger partial charge in [-0.2, -0.15) is 10.1 Å². The van der Waals surface area contributed by atoms with E-state index in [1.165, 1.54) is 22.4 Å². The molecule has 0 spiro atoms. The molecule has 6 heteroatoms. The van der Waals surface area contributed by atoms with Gasteiger partial charge >= 0.3 is 0 Å². The predicted octanol–water partition coefficient (Wildman–Crippen LogP) is 6.15. The Morgan fingerprint density at radius 3 is 2.59 bits per heavy atom. The quantitative estimate of drug-likeness (QED) is 0.391. The van der Waals surface area contributed by atoms with Gasteiger partial charge in [0.1, 0.15) is 0 Å². The number of aryl methyl sites for hydroxylation is 1. The number of H-pyrrole nitrogens is 1. The van der Waals surface area contributed by atoms with Gasteiger partial charge in [0.2, 0.25) is 5.88 Å². The van der Waals surface area contributed by atoms with Gasteiger partial charge in [-0.15, -0.1) is 0 Å². The smallest absolute Gasteiger partial charge is 0.222 e. The molecule has 3 heterocycles. The number of aromatic nitrogens is 4. The first kappa shape index (κ1) is 22.4. The summed E-state index contributed by atoms with van der Waals surface area (Å²) in [7, 11) is 1.71. The van der Waals surface area contributed by atoms with Crippen LogP contribution in [-0.2, 0) is 13.0 Å². The molecule has 0 unspecified atom stereocenters. The number of hydrogen-bond acceptors (Lipinski definition) is 5. The Labute approximate surface area is 201 Å². The van der Waals surface area contributed by atoms with Crippen molar-refractivity contribution in [2.45, 2.75) is 59.4 Å². The molecule has 6 nitrogen and oxygen atoms in total. The van der Waals surface area contributed by atoms with Gasteiger partial charge in [-0.25, -0.2) is 4.98 Å². The second-order valence-corrected chi connectivity index (χ2v) is 9.87. The maximum atomic E-state index is 5.84. The Bertz CT molecular complexity index is 1340. The van der Waals surface area contributed by atoms with E-state index in [0.717, 1.165) is 53.1 Å². The van der Waals surface area contributed by atoms with E-state index in [9.17, 15) is 0 Å². The minimum absolute atomic E-state index is 0.339. The van der Waals surface area contributed by atoms with Crippen LogP contribution in [0.4, 0.5) is 5.69 Å². The van der Waals surface area contributed by atoms with E-state index >= 15 is 0 Å². The van der Waals surface area contributed by atoms with Crippen LogP contribution >= 0.6 is 0 Å². The van der Waals surface area contributed by atoms with Gasteiger partial charge in [0.25, 0.3) is 0 Å². The third-order valence-corrected chi connectivity index (χ3v) is 6.96. The molecular weight excluding hydrogens is 422 g/mol. The van der Waals surface area contributed by atoms with Crippen molar-refractivity contribution in [3.05, 3.63) is 64.5 Å². The van der Waals surface area contributed by atoms with E-state index < -0.39 is 0 Å². The predicted molar refractivity (Wildman–Crippen MR) is 138 cm³/mol. The van der Waals surface area contributed by atoms with Gasteiger partial charge in [0, 0.05) is 29.6 Å². The second kappa shape index (κ2) is 8.75. The first-order valence-electron chi connectivity index (χ1n) is 12.1. The van der Waals surface area contributed by atoms with E-state index in [1.54, 1.807) is 7.11 Å². The molecule has 0 amide bonds. The molecule has 176 valence electrons. The summed E-state index contributed by atoms with van der Waals surface area (Å²) in [5, 5.41) is 8.40. The van der Waals surface area contributed by atoms with E-state index in [1.807, 2.05) is 6.20 Å². The average molecular weight is 456 g/mol. The van der Waals surface area contributed by atoms with Crippen LogP contribution in [-0.4, -0.2) is 33.8 Å². The van der Waals surface area contributed by atoms with Gasteiger partial charge in [-0.3, -0.25) is 5.10 Å². The average Bonchev–Trinajstić information content (AvgIpc) is 3.31. The van der Waals surface area contributed by atoms with Crippen LogP contribution in [0.15, 0.2) is 36.5 Å². The molecule has 0 aliphatic carbocycles. The summed E-state index contributed by atoms with van der Waals surface area (Å²) >= 11 is 0. The highest BCUT2D eigenvalue weighted by atomic mass is 16.5. The number of benzene rings is 2. The summed E-state index contributed by atoms with van der Waals surface area (Å²) in [6.07, 6.45) is 2.73. The molecular formula is C28H33N5O. The number of anilines is 1. The molecule has 0 radical (unpaired) electrons. The fourth-order valence-corrected chi connectivity index (χ4v) is 4.96. The van der Waals surface area contributed by atoms with Crippen molar-refractivity contribution in [2.75, 3.05) is 18.6 Å². The maximum Gasteiger partial charge on any atom is 0.222 e. The molecule has 0 saturated heterocycles. The summed E-state index contributed by atoms with van der Waals surface area (Å²) in [6.45, 7) is 12.7. The number of hydrogen-bond donors (Lipinski definition) is 1. The van der Waals surface area contributed by atoms with Crippen LogP contribution in [0.5, 0.6) is 5.88 Å². The van der Waals surface area contributed by atoms with Crippen LogP contribution in [0.3, 0.4) is 0 Å². The molecule has 0 saturated carbocycles.